The zero-order valence-electron chi connectivity index (χ0n) is 13.6. The molecule has 0 aromatic heterocycles. The Kier molecular flexibility index (Phi) is 7.40. The third kappa shape index (κ3) is 5.86. The second-order valence-corrected chi connectivity index (χ2v) is 5.64. The Hall–Kier alpha value is -1.39. The quantitative estimate of drug-likeness (QED) is 0.691. The molecule has 0 aliphatic rings. The van der Waals surface area contributed by atoms with Crippen molar-refractivity contribution in [1.82, 2.24) is 10.2 Å². The molecule has 1 unspecified atom stereocenters. The number of nitrogens with zero attached hydrogens (tertiary/aromatic N) is 1. The van der Waals surface area contributed by atoms with Crippen LogP contribution in [-0.2, 0) is 11.2 Å². The lowest BCUT2D eigenvalue weighted by atomic mass is 9.92. The number of hydrogen-bond donors (Lipinski definition) is 2. The smallest absolute Gasteiger partial charge is 0.237 e. The Labute approximate surface area is 128 Å². The first-order chi connectivity index (χ1) is 10.0. The standard InChI is InChI=1S/C17H29N3O/c1-4-20(5-2)14-13-19-17(3,16(18)21)12-11-15-9-7-6-8-10-15/h6-10,19H,4-5,11-14H2,1-3H3,(H2,18,21). The van der Waals surface area contributed by atoms with Crippen LogP contribution in [0.4, 0.5) is 0 Å². The average molecular weight is 291 g/mol. The van der Waals surface area contributed by atoms with E-state index in [2.05, 4.69) is 36.2 Å². The molecule has 4 nitrogen and oxygen atoms in total. The maximum absolute atomic E-state index is 11.8. The molecular weight excluding hydrogens is 262 g/mol. The van der Waals surface area contributed by atoms with E-state index in [9.17, 15) is 4.79 Å². The third-order valence-corrected chi connectivity index (χ3v) is 4.14. The van der Waals surface area contributed by atoms with Crippen LogP contribution in [0, 0.1) is 0 Å². The molecule has 1 aromatic carbocycles. The summed E-state index contributed by atoms with van der Waals surface area (Å²) in [5, 5.41) is 3.35. The summed E-state index contributed by atoms with van der Waals surface area (Å²) in [6, 6.07) is 10.2. The Morgan fingerprint density at radius 1 is 1.24 bits per heavy atom. The molecular formula is C17H29N3O. The van der Waals surface area contributed by atoms with Crippen molar-refractivity contribution in [1.29, 1.82) is 0 Å². The van der Waals surface area contributed by atoms with Crippen LogP contribution < -0.4 is 11.1 Å². The van der Waals surface area contributed by atoms with Gasteiger partial charge in [-0.3, -0.25) is 4.79 Å². The first kappa shape index (κ1) is 17.7. The Morgan fingerprint density at radius 2 is 1.86 bits per heavy atom. The van der Waals surface area contributed by atoms with Gasteiger partial charge in [0.2, 0.25) is 5.91 Å². The number of primary amides is 1. The predicted octanol–water partition coefficient (Wildman–Crippen LogP) is 1.79. The van der Waals surface area contributed by atoms with Crippen molar-refractivity contribution in [3.05, 3.63) is 35.9 Å². The number of amides is 1. The lowest BCUT2D eigenvalue weighted by Crippen LogP contribution is -2.55. The Morgan fingerprint density at radius 3 is 2.38 bits per heavy atom. The number of carbonyl (C=O) groups is 1. The summed E-state index contributed by atoms with van der Waals surface area (Å²) in [6.45, 7) is 9.95. The van der Waals surface area contributed by atoms with Crippen molar-refractivity contribution in [2.24, 2.45) is 5.73 Å². The molecule has 118 valence electrons. The fourth-order valence-electron chi connectivity index (χ4n) is 2.37. The van der Waals surface area contributed by atoms with E-state index in [0.29, 0.717) is 6.42 Å². The van der Waals surface area contributed by atoms with Crippen LogP contribution in [0.15, 0.2) is 30.3 Å². The summed E-state index contributed by atoms with van der Waals surface area (Å²) in [5.41, 5.74) is 6.18. The average Bonchev–Trinajstić information content (AvgIpc) is 2.50. The van der Waals surface area contributed by atoms with Gasteiger partial charge in [0.25, 0.3) is 0 Å². The normalized spacial score (nSPS) is 14.1. The van der Waals surface area contributed by atoms with E-state index < -0.39 is 5.54 Å². The van der Waals surface area contributed by atoms with E-state index in [-0.39, 0.29) is 5.91 Å². The second kappa shape index (κ2) is 8.80. The Balaban J connectivity index is 2.51. The molecule has 0 heterocycles. The minimum atomic E-state index is -0.650. The minimum absolute atomic E-state index is 0.280. The van der Waals surface area contributed by atoms with Crippen molar-refractivity contribution in [2.45, 2.75) is 39.2 Å². The lowest BCUT2D eigenvalue weighted by Gasteiger charge is -2.29. The summed E-state index contributed by atoms with van der Waals surface area (Å²) in [7, 11) is 0. The number of nitrogens with two attached hydrogens (primary N) is 1. The highest BCUT2D eigenvalue weighted by Gasteiger charge is 2.29. The van der Waals surface area contributed by atoms with E-state index in [1.165, 1.54) is 5.56 Å². The van der Waals surface area contributed by atoms with Gasteiger partial charge in [0.1, 0.15) is 0 Å². The summed E-state index contributed by atoms with van der Waals surface area (Å²) < 4.78 is 0. The molecule has 21 heavy (non-hydrogen) atoms. The van der Waals surface area contributed by atoms with E-state index in [0.717, 1.165) is 32.6 Å². The monoisotopic (exact) mass is 291 g/mol. The summed E-state index contributed by atoms with van der Waals surface area (Å²) in [6.07, 6.45) is 1.56. The molecule has 4 heteroatoms. The van der Waals surface area contributed by atoms with E-state index >= 15 is 0 Å². The van der Waals surface area contributed by atoms with Gasteiger partial charge < -0.3 is 16.0 Å². The van der Waals surface area contributed by atoms with Crippen molar-refractivity contribution in [2.75, 3.05) is 26.2 Å². The maximum Gasteiger partial charge on any atom is 0.237 e. The predicted molar refractivity (Wildman–Crippen MR) is 88.2 cm³/mol. The molecule has 0 spiro atoms. The molecule has 0 bridgehead atoms. The fourth-order valence-corrected chi connectivity index (χ4v) is 2.37. The highest BCUT2D eigenvalue weighted by Crippen LogP contribution is 2.14. The highest BCUT2D eigenvalue weighted by molar-refractivity contribution is 5.84. The molecule has 0 aliphatic carbocycles. The third-order valence-electron chi connectivity index (χ3n) is 4.14. The summed E-state index contributed by atoms with van der Waals surface area (Å²) in [4.78, 5) is 14.1. The number of benzene rings is 1. The molecule has 3 N–H and O–H groups in total. The number of nitrogens with one attached hydrogen (secondary N) is 1. The Bertz CT molecular complexity index is 417. The van der Waals surface area contributed by atoms with E-state index in [1.54, 1.807) is 0 Å². The lowest BCUT2D eigenvalue weighted by molar-refractivity contribution is -0.124. The van der Waals surface area contributed by atoms with Gasteiger partial charge in [0.15, 0.2) is 0 Å². The molecule has 0 aliphatic heterocycles. The number of hydrogen-bond acceptors (Lipinski definition) is 3. The van der Waals surface area contributed by atoms with Gasteiger partial charge in [-0.15, -0.1) is 0 Å². The molecule has 0 fully saturated rings. The molecule has 1 atom stereocenters. The highest BCUT2D eigenvalue weighted by atomic mass is 16.1. The topological polar surface area (TPSA) is 58.4 Å². The van der Waals surface area contributed by atoms with Gasteiger partial charge in [0, 0.05) is 13.1 Å². The van der Waals surface area contributed by atoms with E-state index in [4.69, 9.17) is 5.73 Å². The maximum atomic E-state index is 11.8. The number of likely N-dealkylation sites (N-methyl/N-ethyl adjacent to an activating group) is 1. The van der Waals surface area contributed by atoms with Gasteiger partial charge in [0.05, 0.1) is 5.54 Å². The van der Waals surface area contributed by atoms with Crippen LogP contribution in [0.5, 0.6) is 0 Å². The van der Waals surface area contributed by atoms with E-state index in [1.807, 2.05) is 25.1 Å². The SMILES string of the molecule is CCN(CC)CCNC(C)(CCc1ccccc1)C(N)=O. The molecule has 1 aromatic rings. The van der Waals surface area contributed by atoms with Crippen LogP contribution in [-0.4, -0.2) is 42.5 Å². The van der Waals surface area contributed by atoms with Crippen LogP contribution >= 0.6 is 0 Å². The zero-order valence-corrected chi connectivity index (χ0v) is 13.6. The van der Waals surface area contributed by atoms with Crippen LogP contribution in [0.2, 0.25) is 0 Å². The van der Waals surface area contributed by atoms with Gasteiger partial charge in [-0.25, -0.2) is 0 Å². The first-order valence-electron chi connectivity index (χ1n) is 7.83. The second-order valence-electron chi connectivity index (χ2n) is 5.64. The van der Waals surface area contributed by atoms with Crippen molar-refractivity contribution in [3.8, 4) is 0 Å². The summed E-state index contributed by atoms with van der Waals surface area (Å²) >= 11 is 0. The van der Waals surface area contributed by atoms with Crippen LogP contribution in [0.25, 0.3) is 0 Å². The minimum Gasteiger partial charge on any atom is -0.368 e. The van der Waals surface area contributed by atoms with Crippen molar-refractivity contribution >= 4 is 5.91 Å². The number of rotatable bonds is 10. The van der Waals surface area contributed by atoms with Crippen LogP contribution in [0.3, 0.4) is 0 Å². The molecule has 0 radical (unpaired) electrons. The molecule has 1 rings (SSSR count). The van der Waals surface area contributed by atoms with Gasteiger partial charge >= 0.3 is 0 Å². The van der Waals surface area contributed by atoms with Crippen molar-refractivity contribution in [3.63, 3.8) is 0 Å². The fraction of sp³-hybridized carbons (Fsp3) is 0.588. The van der Waals surface area contributed by atoms with Gasteiger partial charge in [-0.05, 0) is 38.4 Å². The molecule has 0 saturated carbocycles. The first-order valence-corrected chi connectivity index (χ1v) is 7.83. The largest absolute Gasteiger partial charge is 0.368 e. The van der Waals surface area contributed by atoms with Crippen molar-refractivity contribution < 1.29 is 4.79 Å². The van der Waals surface area contributed by atoms with Gasteiger partial charge in [-0.1, -0.05) is 44.2 Å². The van der Waals surface area contributed by atoms with Crippen LogP contribution in [0.1, 0.15) is 32.8 Å². The number of carbonyl (C=O) groups excluding carboxylic acids is 1. The molecule has 1 amide bonds. The summed E-state index contributed by atoms with van der Waals surface area (Å²) in [5.74, 6) is -0.280. The van der Waals surface area contributed by atoms with Gasteiger partial charge in [-0.2, -0.15) is 0 Å². The number of aryl methyl sites for hydroxylation is 1. The molecule has 0 saturated heterocycles. The zero-order chi connectivity index (χ0) is 15.7.